The Morgan fingerprint density at radius 3 is 2.38 bits per heavy atom. The number of aromatic nitrogens is 3. The summed E-state index contributed by atoms with van der Waals surface area (Å²) in [5.74, 6) is -0.114. The van der Waals surface area contributed by atoms with Gasteiger partial charge in [-0.25, -0.2) is 4.68 Å². The number of fused-ring (bicyclic) bond motifs is 1. The van der Waals surface area contributed by atoms with Gasteiger partial charge < -0.3 is 15.4 Å². The second kappa shape index (κ2) is 13.3. The molecule has 3 amide bonds. The molecule has 1 aliphatic carbocycles. The predicted molar refractivity (Wildman–Crippen MR) is 161 cm³/mol. The Hall–Kier alpha value is -4.73. The van der Waals surface area contributed by atoms with Crippen molar-refractivity contribution in [2.75, 3.05) is 16.8 Å². The molecule has 10 nitrogen and oxygen atoms in total. The molecule has 0 aliphatic heterocycles. The fourth-order valence-corrected chi connectivity index (χ4v) is 5.44. The van der Waals surface area contributed by atoms with Crippen LogP contribution in [0.1, 0.15) is 57.6 Å². The van der Waals surface area contributed by atoms with Crippen LogP contribution in [0.2, 0.25) is 0 Å². The summed E-state index contributed by atoms with van der Waals surface area (Å²) in [4.78, 5) is 41.5. The lowest BCUT2D eigenvalue weighted by Crippen LogP contribution is -2.48. The summed E-state index contributed by atoms with van der Waals surface area (Å²) in [6.45, 7) is 3.73. The molecule has 4 aromatic rings. The fourth-order valence-electron chi connectivity index (χ4n) is 5.44. The van der Waals surface area contributed by atoms with Gasteiger partial charge in [-0.2, -0.15) is 0 Å². The summed E-state index contributed by atoms with van der Waals surface area (Å²) in [5, 5.41) is 14.4. The second-order valence-corrected chi connectivity index (χ2v) is 10.5. The number of benzene rings is 3. The minimum Gasteiger partial charge on any atom is -0.494 e. The zero-order valence-corrected chi connectivity index (χ0v) is 24.0. The molecule has 3 aromatic carbocycles. The Morgan fingerprint density at radius 1 is 0.976 bits per heavy atom. The first-order valence-corrected chi connectivity index (χ1v) is 14.4. The van der Waals surface area contributed by atoms with Gasteiger partial charge in [-0.15, -0.1) is 5.10 Å². The van der Waals surface area contributed by atoms with Crippen LogP contribution in [0.3, 0.4) is 0 Å². The summed E-state index contributed by atoms with van der Waals surface area (Å²) < 4.78 is 7.18. The zero-order valence-electron chi connectivity index (χ0n) is 24.0. The Morgan fingerprint density at radius 2 is 1.69 bits per heavy atom. The molecule has 0 unspecified atom stereocenters. The maximum absolute atomic E-state index is 14.3. The highest BCUT2D eigenvalue weighted by Gasteiger charge is 2.34. The van der Waals surface area contributed by atoms with Crippen LogP contribution in [0.4, 0.5) is 11.4 Å². The lowest BCUT2D eigenvalue weighted by molar-refractivity contribution is -0.127. The summed E-state index contributed by atoms with van der Waals surface area (Å²) in [7, 11) is 0. The Bertz CT molecular complexity index is 1530. The molecule has 0 saturated heterocycles. The van der Waals surface area contributed by atoms with Crippen LogP contribution < -0.4 is 20.3 Å². The summed E-state index contributed by atoms with van der Waals surface area (Å²) in [6.07, 6.45) is 5.10. The van der Waals surface area contributed by atoms with Crippen LogP contribution in [0.15, 0.2) is 72.8 Å². The van der Waals surface area contributed by atoms with Crippen LogP contribution in [0.5, 0.6) is 5.75 Å². The van der Waals surface area contributed by atoms with E-state index in [1.54, 1.807) is 28.9 Å². The molecule has 2 N–H and O–H groups in total. The van der Waals surface area contributed by atoms with E-state index in [1.165, 1.54) is 11.8 Å². The van der Waals surface area contributed by atoms with Crippen LogP contribution in [-0.4, -0.2) is 45.4 Å². The molecule has 1 heterocycles. The van der Waals surface area contributed by atoms with E-state index in [0.717, 1.165) is 37.6 Å². The number of nitrogens with zero attached hydrogens (tertiary/aromatic N) is 4. The van der Waals surface area contributed by atoms with Crippen LogP contribution in [0, 0.1) is 0 Å². The van der Waals surface area contributed by atoms with Gasteiger partial charge >= 0.3 is 0 Å². The number of rotatable bonds is 10. The third kappa shape index (κ3) is 6.76. The van der Waals surface area contributed by atoms with E-state index in [0.29, 0.717) is 34.8 Å². The number of nitrogens with one attached hydrogen (secondary N) is 2. The smallest absolute Gasteiger partial charge is 0.249 e. The first-order chi connectivity index (χ1) is 20.4. The SMILES string of the molecule is CCOc1ccc([C@H](C(=O)NC2CCCCC2)N(C(=O)Cn2nnc3ccccc32)c2ccc(NC(C)=O)cc2)cc1. The van der Waals surface area contributed by atoms with Gasteiger partial charge in [0.05, 0.1) is 12.1 Å². The largest absolute Gasteiger partial charge is 0.494 e. The first kappa shape index (κ1) is 28.8. The average Bonchev–Trinajstić information content (AvgIpc) is 3.40. The highest BCUT2D eigenvalue weighted by Crippen LogP contribution is 2.31. The van der Waals surface area contributed by atoms with Crippen LogP contribution >= 0.6 is 0 Å². The molecule has 1 aliphatic rings. The minimum absolute atomic E-state index is 0.0507. The van der Waals surface area contributed by atoms with E-state index in [2.05, 4.69) is 20.9 Å². The number of para-hydroxylation sites is 1. The molecule has 42 heavy (non-hydrogen) atoms. The van der Waals surface area contributed by atoms with Gasteiger partial charge in [0.2, 0.25) is 17.7 Å². The fraction of sp³-hybridized carbons (Fsp3) is 0.344. The quantitative estimate of drug-likeness (QED) is 0.278. The number of carbonyl (C=O) groups is 3. The van der Waals surface area contributed by atoms with Crippen molar-refractivity contribution >= 4 is 40.1 Å². The molecule has 1 atom stereocenters. The molecular weight excluding hydrogens is 532 g/mol. The van der Waals surface area contributed by atoms with Crippen molar-refractivity contribution in [2.24, 2.45) is 0 Å². The Kier molecular flexibility index (Phi) is 9.11. The third-order valence-corrected chi connectivity index (χ3v) is 7.40. The zero-order chi connectivity index (χ0) is 29.5. The van der Waals surface area contributed by atoms with E-state index < -0.39 is 6.04 Å². The minimum atomic E-state index is -0.962. The van der Waals surface area contributed by atoms with Crippen LogP contribution in [-0.2, 0) is 20.9 Å². The van der Waals surface area contributed by atoms with E-state index >= 15 is 0 Å². The topological polar surface area (TPSA) is 118 Å². The van der Waals surface area contributed by atoms with Crippen molar-refractivity contribution < 1.29 is 19.1 Å². The van der Waals surface area contributed by atoms with E-state index in [-0.39, 0.29) is 30.3 Å². The van der Waals surface area contributed by atoms with E-state index in [1.807, 2.05) is 55.5 Å². The molecule has 1 aromatic heterocycles. The van der Waals surface area contributed by atoms with Gasteiger partial charge in [0.1, 0.15) is 23.9 Å². The summed E-state index contributed by atoms with van der Waals surface area (Å²) in [6, 6.07) is 20.7. The number of anilines is 2. The third-order valence-electron chi connectivity index (χ3n) is 7.40. The van der Waals surface area contributed by atoms with Gasteiger partial charge in [-0.3, -0.25) is 19.3 Å². The van der Waals surface area contributed by atoms with Crippen LogP contribution in [0.25, 0.3) is 11.0 Å². The maximum atomic E-state index is 14.3. The van der Waals surface area contributed by atoms with Gasteiger partial charge in [0.25, 0.3) is 0 Å². The van der Waals surface area contributed by atoms with Gasteiger partial charge in [0, 0.05) is 24.3 Å². The number of carbonyl (C=O) groups excluding carboxylic acids is 3. The predicted octanol–water partition coefficient (Wildman–Crippen LogP) is 5.01. The standard InChI is InChI=1S/C32H36N6O4/c1-3-42-27-19-13-23(14-20-27)31(32(41)34-24-9-5-4-6-10-24)38(26-17-15-25(16-18-26)33-22(2)39)30(40)21-37-29-12-8-7-11-28(29)35-36-37/h7-8,11-20,24,31H,3-6,9-10,21H2,1-2H3,(H,33,39)(H,34,41)/t31-/m1/s1. The molecule has 0 radical (unpaired) electrons. The van der Waals surface area contributed by atoms with Crippen molar-refractivity contribution in [1.82, 2.24) is 20.3 Å². The molecule has 5 rings (SSSR count). The molecule has 0 spiro atoms. The lowest BCUT2D eigenvalue weighted by atomic mass is 9.94. The summed E-state index contributed by atoms with van der Waals surface area (Å²) in [5.41, 5.74) is 3.14. The number of amides is 3. The highest BCUT2D eigenvalue weighted by atomic mass is 16.5. The first-order valence-electron chi connectivity index (χ1n) is 14.4. The molecular formula is C32H36N6O4. The van der Waals surface area contributed by atoms with Crippen molar-refractivity contribution in [3.8, 4) is 5.75 Å². The maximum Gasteiger partial charge on any atom is 0.249 e. The molecule has 10 heteroatoms. The van der Waals surface area contributed by atoms with E-state index in [4.69, 9.17) is 4.74 Å². The summed E-state index contributed by atoms with van der Waals surface area (Å²) >= 11 is 0. The monoisotopic (exact) mass is 568 g/mol. The number of hydrogen-bond donors (Lipinski definition) is 2. The second-order valence-electron chi connectivity index (χ2n) is 10.5. The van der Waals surface area contributed by atoms with Crippen molar-refractivity contribution in [3.63, 3.8) is 0 Å². The van der Waals surface area contributed by atoms with Gasteiger partial charge in [-0.05, 0) is 73.9 Å². The van der Waals surface area contributed by atoms with Crippen molar-refractivity contribution in [3.05, 3.63) is 78.4 Å². The molecule has 218 valence electrons. The average molecular weight is 569 g/mol. The molecule has 1 saturated carbocycles. The molecule has 1 fully saturated rings. The van der Waals surface area contributed by atoms with Gasteiger partial charge in [-0.1, -0.05) is 48.7 Å². The number of ether oxygens (including phenoxy) is 1. The Balaban J connectivity index is 1.56. The van der Waals surface area contributed by atoms with Gasteiger partial charge in [0.15, 0.2) is 0 Å². The lowest BCUT2D eigenvalue weighted by Gasteiger charge is -2.33. The van der Waals surface area contributed by atoms with Crippen molar-refractivity contribution in [2.45, 2.75) is 64.6 Å². The van der Waals surface area contributed by atoms with Crippen molar-refractivity contribution in [1.29, 1.82) is 0 Å². The Labute approximate surface area is 245 Å². The molecule has 0 bridgehead atoms. The normalized spacial score (nSPS) is 14.2. The number of hydrogen-bond acceptors (Lipinski definition) is 6. The van der Waals surface area contributed by atoms with E-state index in [9.17, 15) is 14.4 Å². The highest BCUT2D eigenvalue weighted by molar-refractivity contribution is 6.02.